The highest BCUT2D eigenvalue weighted by atomic mass is 16.3. The Balaban J connectivity index is 1.86. The summed E-state index contributed by atoms with van der Waals surface area (Å²) in [6.45, 7) is 1.64. The maximum Gasteiger partial charge on any atom is 0.224 e. The Morgan fingerprint density at radius 2 is 2.00 bits per heavy atom. The highest BCUT2D eigenvalue weighted by Crippen LogP contribution is 2.24. The standard InChI is InChI=1S/C13H24N2O2/c16-9-8-15(12-5-1-2-6-12)13(17)10-11-4-3-7-14-11/h11-12,14,16H,1-10H2. The van der Waals surface area contributed by atoms with Gasteiger partial charge in [0.15, 0.2) is 0 Å². The molecule has 0 aromatic carbocycles. The van der Waals surface area contributed by atoms with Gasteiger partial charge in [-0.05, 0) is 32.2 Å². The predicted molar refractivity (Wildman–Crippen MR) is 66.7 cm³/mol. The SMILES string of the molecule is O=C(CC1CCCN1)N(CCO)C1CCCC1. The Morgan fingerprint density at radius 1 is 1.24 bits per heavy atom. The lowest BCUT2D eigenvalue weighted by atomic mass is 10.1. The molecule has 1 aliphatic heterocycles. The third kappa shape index (κ3) is 3.42. The lowest BCUT2D eigenvalue weighted by Crippen LogP contribution is -2.43. The normalized spacial score (nSPS) is 25.4. The van der Waals surface area contributed by atoms with E-state index in [0.29, 0.717) is 25.0 Å². The minimum absolute atomic E-state index is 0.0837. The summed E-state index contributed by atoms with van der Waals surface area (Å²) in [5.74, 6) is 0.227. The van der Waals surface area contributed by atoms with Crippen LogP contribution in [0.2, 0.25) is 0 Å². The Hall–Kier alpha value is -0.610. The molecule has 0 aromatic heterocycles. The molecule has 1 saturated carbocycles. The zero-order chi connectivity index (χ0) is 12.1. The van der Waals surface area contributed by atoms with Crippen molar-refractivity contribution in [2.24, 2.45) is 0 Å². The number of hydrogen-bond donors (Lipinski definition) is 2. The van der Waals surface area contributed by atoms with Crippen molar-refractivity contribution in [1.29, 1.82) is 0 Å². The maximum absolute atomic E-state index is 12.3. The van der Waals surface area contributed by atoms with E-state index in [1.165, 1.54) is 19.3 Å². The second kappa shape index (κ2) is 6.36. The Kier molecular flexibility index (Phi) is 4.80. The molecule has 1 unspecified atom stereocenters. The number of nitrogens with zero attached hydrogens (tertiary/aromatic N) is 1. The number of aliphatic hydroxyl groups excluding tert-OH is 1. The third-order valence-electron chi connectivity index (χ3n) is 4.01. The molecule has 1 heterocycles. The van der Waals surface area contributed by atoms with E-state index in [4.69, 9.17) is 5.11 Å². The fraction of sp³-hybridized carbons (Fsp3) is 0.923. The summed E-state index contributed by atoms with van der Waals surface area (Å²) in [7, 11) is 0. The fourth-order valence-corrected chi connectivity index (χ4v) is 3.09. The second-order valence-electron chi connectivity index (χ2n) is 5.25. The van der Waals surface area contributed by atoms with E-state index in [1.807, 2.05) is 4.90 Å². The topological polar surface area (TPSA) is 52.6 Å². The van der Waals surface area contributed by atoms with E-state index in [2.05, 4.69) is 5.32 Å². The van der Waals surface area contributed by atoms with Crippen LogP contribution in [-0.2, 0) is 4.79 Å². The highest BCUT2D eigenvalue weighted by molar-refractivity contribution is 5.77. The van der Waals surface area contributed by atoms with Crippen molar-refractivity contribution >= 4 is 5.91 Å². The van der Waals surface area contributed by atoms with E-state index in [-0.39, 0.29) is 12.5 Å². The summed E-state index contributed by atoms with van der Waals surface area (Å²) in [5, 5.41) is 12.5. The number of nitrogens with one attached hydrogen (secondary N) is 1. The summed E-state index contributed by atoms with van der Waals surface area (Å²) < 4.78 is 0. The smallest absolute Gasteiger partial charge is 0.224 e. The summed E-state index contributed by atoms with van der Waals surface area (Å²) in [5.41, 5.74) is 0. The van der Waals surface area contributed by atoms with Crippen LogP contribution in [0.3, 0.4) is 0 Å². The van der Waals surface area contributed by atoms with Crippen LogP contribution < -0.4 is 5.32 Å². The van der Waals surface area contributed by atoms with Gasteiger partial charge in [0.05, 0.1) is 6.61 Å². The number of hydrogen-bond acceptors (Lipinski definition) is 3. The predicted octanol–water partition coefficient (Wildman–Crippen LogP) is 0.892. The molecular weight excluding hydrogens is 216 g/mol. The molecule has 0 aromatic rings. The lowest BCUT2D eigenvalue weighted by Gasteiger charge is -2.29. The van der Waals surface area contributed by atoms with Gasteiger partial charge in [-0.2, -0.15) is 0 Å². The van der Waals surface area contributed by atoms with Crippen LogP contribution in [0.15, 0.2) is 0 Å². The van der Waals surface area contributed by atoms with E-state index in [1.54, 1.807) is 0 Å². The number of carbonyl (C=O) groups excluding carboxylic acids is 1. The summed E-state index contributed by atoms with van der Waals surface area (Å²) in [6.07, 6.45) is 7.58. The number of amides is 1. The van der Waals surface area contributed by atoms with Crippen LogP contribution in [0.1, 0.15) is 44.9 Å². The lowest BCUT2D eigenvalue weighted by molar-refractivity contribution is -0.134. The van der Waals surface area contributed by atoms with E-state index < -0.39 is 0 Å². The van der Waals surface area contributed by atoms with Crippen molar-refractivity contribution in [2.45, 2.75) is 57.0 Å². The van der Waals surface area contributed by atoms with Crippen LogP contribution in [-0.4, -0.2) is 47.7 Å². The second-order valence-corrected chi connectivity index (χ2v) is 5.25. The van der Waals surface area contributed by atoms with Gasteiger partial charge in [0, 0.05) is 25.0 Å². The van der Waals surface area contributed by atoms with Crippen molar-refractivity contribution in [2.75, 3.05) is 19.7 Å². The van der Waals surface area contributed by atoms with Crippen LogP contribution in [0.25, 0.3) is 0 Å². The molecule has 2 fully saturated rings. The van der Waals surface area contributed by atoms with E-state index >= 15 is 0 Å². The minimum atomic E-state index is 0.0837. The van der Waals surface area contributed by atoms with Crippen molar-refractivity contribution in [3.8, 4) is 0 Å². The van der Waals surface area contributed by atoms with Crippen molar-refractivity contribution in [3.05, 3.63) is 0 Å². The van der Waals surface area contributed by atoms with Gasteiger partial charge in [0.1, 0.15) is 0 Å². The summed E-state index contributed by atoms with van der Waals surface area (Å²) in [6, 6.07) is 0.751. The molecule has 17 heavy (non-hydrogen) atoms. The molecule has 2 N–H and O–H groups in total. The number of rotatable bonds is 5. The van der Waals surface area contributed by atoms with Crippen LogP contribution in [0.5, 0.6) is 0 Å². The fourth-order valence-electron chi connectivity index (χ4n) is 3.09. The molecular formula is C13H24N2O2. The average molecular weight is 240 g/mol. The van der Waals surface area contributed by atoms with Gasteiger partial charge in [-0.25, -0.2) is 0 Å². The highest BCUT2D eigenvalue weighted by Gasteiger charge is 2.28. The molecule has 1 amide bonds. The van der Waals surface area contributed by atoms with Crippen molar-refractivity contribution < 1.29 is 9.90 Å². The van der Waals surface area contributed by atoms with Crippen LogP contribution >= 0.6 is 0 Å². The Morgan fingerprint density at radius 3 is 2.59 bits per heavy atom. The zero-order valence-corrected chi connectivity index (χ0v) is 10.5. The molecule has 2 aliphatic rings. The molecule has 4 nitrogen and oxygen atoms in total. The largest absolute Gasteiger partial charge is 0.395 e. The molecule has 1 saturated heterocycles. The van der Waals surface area contributed by atoms with Crippen LogP contribution in [0, 0.1) is 0 Å². The van der Waals surface area contributed by atoms with Crippen LogP contribution in [0.4, 0.5) is 0 Å². The zero-order valence-electron chi connectivity index (χ0n) is 10.5. The molecule has 0 spiro atoms. The first-order chi connectivity index (χ1) is 8.31. The van der Waals surface area contributed by atoms with Crippen molar-refractivity contribution in [3.63, 3.8) is 0 Å². The quantitative estimate of drug-likeness (QED) is 0.750. The van der Waals surface area contributed by atoms with Gasteiger partial charge in [0.2, 0.25) is 5.91 Å². The molecule has 98 valence electrons. The summed E-state index contributed by atoms with van der Waals surface area (Å²) >= 11 is 0. The Labute approximate surface area is 103 Å². The Bertz CT molecular complexity index is 246. The van der Waals surface area contributed by atoms with Crippen molar-refractivity contribution in [1.82, 2.24) is 10.2 Å². The van der Waals surface area contributed by atoms with Gasteiger partial charge >= 0.3 is 0 Å². The van der Waals surface area contributed by atoms with Gasteiger partial charge < -0.3 is 15.3 Å². The van der Waals surface area contributed by atoms with Gasteiger partial charge in [-0.1, -0.05) is 12.8 Å². The van der Waals surface area contributed by atoms with E-state index in [0.717, 1.165) is 25.8 Å². The molecule has 0 radical (unpaired) electrons. The first kappa shape index (κ1) is 12.8. The molecule has 4 heteroatoms. The first-order valence-electron chi connectivity index (χ1n) is 6.95. The van der Waals surface area contributed by atoms with Gasteiger partial charge in [-0.15, -0.1) is 0 Å². The number of carbonyl (C=O) groups is 1. The summed E-state index contributed by atoms with van der Waals surface area (Å²) in [4.78, 5) is 14.2. The average Bonchev–Trinajstić information content (AvgIpc) is 2.97. The maximum atomic E-state index is 12.3. The first-order valence-corrected chi connectivity index (χ1v) is 6.95. The molecule has 0 bridgehead atoms. The third-order valence-corrected chi connectivity index (χ3v) is 4.01. The number of aliphatic hydroxyl groups is 1. The monoisotopic (exact) mass is 240 g/mol. The molecule has 1 atom stereocenters. The van der Waals surface area contributed by atoms with Gasteiger partial charge in [-0.3, -0.25) is 4.79 Å². The van der Waals surface area contributed by atoms with Gasteiger partial charge in [0.25, 0.3) is 0 Å². The van der Waals surface area contributed by atoms with E-state index in [9.17, 15) is 4.79 Å². The minimum Gasteiger partial charge on any atom is -0.395 e. The molecule has 2 rings (SSSR count). The molecule has 1 aliphatic carbocycles.